The number of aromatic nitrogens is 2. The third-order valence-corrected chi connectivity index (χ3v) is 2.82. The second-order valence-electron chi connectivity index (χ2n) is 3.79. The summed E-state index contributed by atoms with van der Waals surface area (Å²) < 4.78 is 2.14. The molecule has 0 spiro atoms. The lowest BCUT2D eigenvalue weighted by atomic mass is 10.4. The van der Waals surface area contributed by atoms with E-state index in [0.717, 1.165) is 37.6 Å². The summed E-state index contributed by atoms with van der Waals surface area (Å²) in [5, 5.41) is 3.35. The van der Waals surface area contributed by atoms with Crippen molar-refractivity contribution < 1.29 is 0 Å². The molecular weight excluding hydrogens is 188 g/mol. The highest BCUT2D eigenvalue weighted by atomic mass is 15.3. The summed E-state index contributed by atoms with van der Waals surface area (Å²) in [5.41, 5.74) is 1.16. The minimum atomic E-state index is 1.04. The molecule has 1 fully saturated rings. The van der Waals surface area contributed by atoms with Crippen molar-refractivity contribution in [3.8, 4) is 0 Å². The van der Waals surface area contributed by atoms with Gasteiger partial charge in [-0.25, -0.2) is 4.98 Å². The number of nitrogens with one attached hydrogen (secondary N) is 1. The quantitative estimate of drug-likeness (QED) is 0.740. The maximum absolute atomic E-state index is 4.48. The first-order valence-electron chi connectivity index (χ1n) is 5.33. The smallest absolute Gasteiger partial charge is 0.210 e. The van der Waals surface area contributed by atoms with E-state index < -0.39 is 0 Å². The van der Waals surface area contributed by atoms with Crippen LogP contribution >= 0.6 is 0 Å². The lowest BCUT2D eigenvalue weighted by Crippen LogP contribution is -2.44. The van der Waals surface area contributed by atoms with Gasteiger partial charge in [0.2, 0.25) is 5.95 Å². The lowest BCUT2D eigenvalue weighted by Gasteiger charge is -2.27. The first-order chi connectivity index (χ1) is 7.45. The molecule has 0 unspecified atom stereocenters. The van der Waals surface area contributed by atoms with E-state index in [9.17, 15) is 0 Å². The zero-order chi connectivity index (χ0) is 10.1. The van der Waals surface area contributed by atoms with Crippen molar-refractivity contribution in [2.45, 2.75) is 0 Å². The molecule has 0 aromatic carbocycles. The minimum absolute atomic E-state index is 1.04. The second-order valence-corrected chi connectivity index (χ2v) is 3.79. The summed E-state index contributed by atoms with van der Waals surface area (Å²) in [4.78, 5) is 6.80. The van der Waals surface area contributed by atoms with Crippen LogP contribution in [0, 0.1) is 0 Å². The molecule has 2 aromatic heterocycles. The van der Waals surface area contributed by atoms with Crippen LogP contribution in [0.15, 0.2) is 30.6 Å². The van der Waals surface area contributed by atoms with Crippen LogP contribution < -0.4 is 10.2 Å². The number of piperazine rings is 1. The fourth-order valence-corrected chi connectivity index (χ4v) is 2.03. The number of anilines is 1. The van der Waals surface area contributed by atoms with Gasteiger partial charge in [-0.05, 0) is 12.1 Å². The molecule has 3 heterocycles. The Hall–Kier alpha value is -1.55. The van der Waals surface area contributed by atoms with Gasteiger partial charge >= 0.3 is 0 Å². The number of pyridine rings is 1. The van der Waals surface area contributed by atoms with Crippen molar-refractivity contribution in [2.24, 2.45) is 0 Å². The summed E-state index contributed by atoms with van der Waals surface area (Å²) in [6.45, 7) is 4.16. The Morgan fingerprint density at radius 2 is 2.07 bits per heavy atom. The zero-order valence-corrected chi connectivity index (χ0v) is 8.56. The standard InChI is InChI=1S/C11H14N4/c1-2-6-15-10(3-1)9-13-11(15)14-7-4-12-5-8-14/h1-3,6,9,12H,4-5,7-8H2. The van der Waals surface area contributed by atoms with Gasteiger partial charge in [0, 0.05) is 32.4 Å². The van der Waals surface area contributed by atoms with Gasteiger partial charge in [0.15, 0.2) is 0 Å². The van der Waals surface area contributed by atoms with E-state index in [0.29, 0.717) is 0 Å². The van der Waals surface area contributed by atoms with E-state index in [1.165, 1.54) is 0 Å². The van der Waals surface area contributed by atoms with Crippen molar-refractivity contribution in [1.29, 1.82) is 0 Å². The first-order valence-corrected chi connectivity index (χ1v) is 5.33. The molecule has 4 nitrogen and oxygen atoms in total. The van der Waals surface area contributed by atoms with Crippen molar-refractivity contribution in [3.05, 3.63) is 30.6 Å². The number of nitrogens with zero attached hydrogens (tertiary/aromatic N) is 3. The molecule has 1 saturated heterocycles. The lowest BCUT2D eigenvalue weighted by molar-refractivity contribution is 0.579. The summed E-state index contributed by atoms with van der Waals surface area (Å²) in [7, 11) is 0. The predicted octanol–water partition coefficient (Wildman–Crippen LogP) is 0.744. The van der Waals surface area contributed by atoms with Crippen LogP contribution in [0.4, 0.5) is 5.95 Å². The molecule has 0 radical (unpaired) electrons. The van der Waals surface area contributed by atoms with Gasteiger partial charge in [-0.3, -0.25) is 4.40 Å². The van der Waals surface area contributed by atoms with Crippen molar-refractivity contribution >= 4 is 11.5 Å². The van der Waals surface area contributed by atoms with Crippen LogP contribution in [0.5, 0.6) is 0 Å². The van der Waals surface area contributed by atoms with Crippen molar-refractivity contribution in [3.63, 3.8) is 0 Å². The van der Waals surface area contributed by atoms with Crippen molar-refractivity contribution in [2.75, 3.05) is 31.1 Å². The van der Waals surface area contributed by atoms with Crippen LogP contribution in [0.3, 0.4) is 0 Å². The number of fused-ring (bicyclic) bond motifs is 1. The molecule has 1 N–H and O–H groups in total. The predicted molar refractivity (Wildman–Crippen MR) is 60.3 cm³/mol. The highest BCUT2D eigenvalue weighted by molar-refractivity contribution is 5.52. The van der Waals surface area contributed by atoms with E-state index >= 15 is 0 Å². The minimum Gasteiger partial charge on any atom is -0.339 e. The average molecular weight is 202 g/mol. The third kappa shape index (κ3) is 1.47. The van der Waals surface area contributed by atoms with Crippen LogP contribution in [0.2, 0.25) is 0 Å². The summed E-state index contributed by atoms with van der Waals surface area (Å²) in [6.07, 6.45) is 4.00. The molecule has 78 valence electrons. The molecule has 0 aliphatic carbocycles. The molecular formula is C11H14N4. The van der Waals surface area contributed by atoms with Crippen molar-refractivity contribution in [1.82, 2.24) is 14.7 Å². The SMILES string of the molecule is c1ccn2c(N3CCNCC3)ncc2c1. The topological polar surface area (TPSA) is 32.6 Å². The number of hydrogen-bond acceptors (Lipinski definition) is 3. The molecule has 0 amide bonds. The number of rotatable bonds is 1. The molecule has 15 heavy (non-hydrogen) atoms. The molecule has 0 bridgehead atoms. The molecule has 2 aromatic rings. The second kappa shape index (κ2) is 3.55. The fourth-order valence-electron chi connectivity index (χ4n) is 2.03. The Morgan fingerprint density at radius 1 is 1.20 bits per heavy atom. The van der Waals surface area contributed by atoms with Gasteiger partial charge < -0.3 is 10.2 Å². The molecule has 1 aliphatic rings. The van der Waals surface area contributed by atoms with E-state index in [2.05, 4.69) is 31.9 Å². The van der Waals surface area contributed by atoms with Gasteiger partial charge in [-0.1, -0.05) is 6.07 Å². The molecule has 0 saturated carbocycles. The van der Waals surface area contributed by atoms with E-state index in [-0.39, 0.29) is 0 Å². The molecule has 4 heteroatoms. The highest BCUT2D eigenvalue weighted by Gasteiger charge is 2.14. The van der Waals surface area contributed by atoms with Gasteiger partial charge in [0.05, 0.1) is 11.7 Å². The number of hydrogen-bond donors (Lipinski definition) is 1. The van der Waals surface area contributed by atoms with Gasteiger partial charge in [0.25, 0.3) is 0 Å². The van der Waals surface area contributed by atoms with Gasteiger partial charge in [-0.15, -0.1) is 0 Å². The zero-order valence-electron chi connectivity index (χ0n) is 8.56. The van der Waals surface area contributed by atoms with Gasteiger partial charge in [0.1, 0.15) is 0 Å². The Balaban J connectivity index is 2.02. The molecule has 3 rings (SSSR count). The van der Waals surface area contributed by atoms with Crippen LogP contribution in [-0.4, -0.2) is 35.6 Å². The summed E-state index contributed by atoms with van der Waals surface area (Å²) in [6, 6.07) is 6.16. The monoisotopic (exact) mass is 202 g/mol. The third-order valence-electron chi connectivity index (χ3n) is 2.82. The Morgan fingerprint density at radius 3 is 2.93 bits per heavy atom. The first kappa shape index (κ1) is 8.73. The Labute approximate surface area is 88.5 Å². The molecule has 1 aliphatic heterocycles. The summed E-state index contributed by atoms with van der Waals surface area (Å²) >= 11 is 0. The Kier molecular flexibility index (Phi) is 2.07. The van der Waals surface area contributed by atoms with Crippen LogP contribution in [0.25, 0.3) is 5.52 Å². The fraction of sp³-hybridized carbons (Fsp3) is 0.364. The van der Waals surface area contributed by atoms with E-state index in [1.807, 2.05) is 18.3 Å². The normalized spacial score (nSPS) is 17.2. The highest BCUT2D eigenvalue weighted by Crippen LogP contribution is 2.15. The van der Waals surface area contributed by atoms with Crippen LogP contribution in [-0.2, 0) is 0 Å². The Bertz CT molecular complexity index is 456. The van der Waals surface area contributed by atoms with E-state index in [1.54, 1.807) is 0 Å². The van der Waals surface area contributed by atoms with Crippen LogP contribution in [0.1, 0.15) is 0 Å². The maximum atomic E-state index is 4.48. The molecule has 0 atom stereocenters. The number of imidazole rings is 1. The summed E-state index contributed by atoms with van der Waals surface area (Å²) in [5.74, 6) is 1.06. The average Bonchev–Trinajstić information content (AvgIpc) is 2.74. The van der Waals surface area contributed by atoms with Gasteiger partial charge in [-0.2, -0.15) is 0 Å². The maximum Gasteiger partial charge on any atom is 0.210 e. The van der Waals surface area contributed by atoms with E-state index in [4.69, 9.17) is 0 Å². The largest absolute Gasteiger partial charge is 0.339 e.